The summed E-state index contributed by atoms with van der Waals surface area (Å²) >= 11 is 1.52. The molecule has 0 spiro atoms. The number of hydrogen-bond acceptors (Lipinski definition) is 3. The van der Waals surface area contributed by atoms with Gasteiger partial charge in [-0.15, -0.1) is 11.8 Å². The minimum atomic E-state index is -0.117. The third-order valence-corrected chi connectivity index (χ3v) is 4.33. The molecule has 1 aromatic carbocycles. The molecule has 1 heterocycles. The first-order valence-electron chi connectivity index (χ1n) is 6.85. The highest BCUT2D eigenvalue weighted by Crippen LogP contribution is 2.35. The number of aryl methyl sites for hydroxylation is 1. The third-order valence-electron chi connectivity index (χ3n) is 3.44. The molecule has 0 aliphatic carbocycles. The summed E-state index contributed by atoms with van der Waals surface area (Å²) in [6.45, 7) is 4.12. The SMILES string of the molecule is CCSC1=C(C#N)C(c2ccc(CC)cc2)CC(=O)N1. The van der Waals surface area contributed by atoms with Crippen LogP contribution in [0, 0.1) is 11.3 Å². The number of nitrogens with one attached hydrogen (secondary N) is 1. The molecule has 0 bridgehead atoms. The molecule has 0 saturated heterocycles. The largest absolute Gasteiger partial charge is 0.320 e. The number of hydrogen-bond donors (Lipinski definition) is 1. The van der Waals surface area contributed by atoms with Gasteiger partial charge in [-0.2, -0.15) is 5.26 Å². The number of thioether (sulfide) groups is 1. The Labute approximate surface area is 124 Å². The highest BCUT2D eigenvalue weighted by Gasteiger charge is 2.29. The molecule has 1 unspecified atom stereocenters. The Morgan fingerprint density at radius 3 is 2.60 bits per heavy atom. The lowest BCUT2D eigenvalue weighted by Crippen LogP contribution is -2.30. The molecule has 104 valence electrons. The number of benzene rings is 1. The number of carbonyl (C=O) groups excluding carboxylic acids is 1. The minimum absolute atomic E-state index is 0.00971. The van der Waals surface area contributed by atoms with E-state index in [-0.39, 0.29) is 11.8 Å². The Hall–Kier alpha value is -1.73. The summed E-state index contributed by atoms with van der Waals surface area (Å²) in [6, 6.07) is 10.5. The van der Waals surface area contributed by atoms with E-state index in [1.54, 1.807) is 0 Å². The quantitative estimate of drug-likeness (QED) is 0.923. The van der Waals surface area contributed by atoms with Crippen LogP contribution in [0.2, 0.25) is 0 Å². The predicted molar refractivity (Wildman–Crippen MR) is 82.1 cm³/mol. The smallest absolute Gasteiger partial charge is 0.225 e. The number of nitrogens with zero attached hydrogens (tertiary/aromatic N) is 1. The number of rotatable bonds is 4. The lowest BCUT2D eigenvalue weighted by Gasteiger charge is -2.25. The highest BCUT2D eigenvalue weighted by molar-refractivity contribution is 8.03. The van der Waals surface area contributed by atoms with Crippen LogP contribution in [0.4, 0.5) is 0 Å². The number of carbonyl (C=O) groups is 1. The maximum absolute atomic E-state index is 11.8. The van der Waals surface area contributed by atoms with E-state index in [0.29, 0.717) is 12.0 Å². The monoisotopic (exact) mass is 286 g/mol. The Kier molecular flexibility index (Phi) is 4.86. The highest BCUT2D eigenvalue weighted by atomic mass is 32.2. The van der Waals surface area contributed by atoms with Gasteiger partial charge in [-0.05, 0) is 23.3 Å². The predicted octanol–water partition coefficient (Wildman–Crippen LogP) is 3.34. The summed E-state index contributed by atoms with van der Waals surface area (Å²) in [6.07, 6.45) is 1.34. The van der Waals surface area contributed by atoms with E-state index in [9.17, 15) is 10.1 Å². The van der Waals surface area contributed by atoms with Crippen LogP contribution in [-0.2, 0) is 11.2 Å². The van der Waals surface area contributed by atoms with E-state index in [1.165, 1.54) is 17.3 Å². The average Bonchev–Trinajstić information content (AvgIpc) is 2.47. The van der Waals surface area contributed by atoms with E-state index in [1.807, 2.05) is 19.1 Å². The van der Waals surface area contributed by atoms with Crippen LogP contribution in [0.1, 0.15) is 37.3 Å². The van der Waals surface area contributed by atoms with Crippen molar-refractivity contribution in [1.82, 2.24) is 5.32 Å². The van der Waals surface area contributed by atoms with Crippen LogP contribution >= 0.6 is 11.8 Å². The molecule has 0 aromatic heterocycles. The van der Waals surface area contributed by atoms with E-state index < -0.39 is 0 Å². The minimum Gasteiger partial charge on any atom is -0.320 e. The van der Waals surface area contributed by atoms with E-state index in [0.717, 1.165) is 22.8 Å². The van der Waals surface area contributed by atoms with E-state index in [4.69, 9.17) is 0 Å². The number of amides is 1. The van der Waals surface area contributed by atoms with Crippen LogP contribution in [0.25, 0.3) is 0 Å². The van der Waals surface area contributed by atoms with Gasteiger partial charge in [-0.3, -0.25) is 4.79 Å². The summed E-state index contributed by atoms with van der Waals surface area (Å²) < 4.78 is 0. The van der Waals surface area contributed by atoms with Gasteiger partial charge in [0.2, 0.25) is 5.91 Å². The summed E-state index contributed by atoms with van der Waals surface area (Å²) in [5, 5.41) is 13.0. The first kappa shape index (κ1) is 14.7. The fourth-order valence-electron chi connectivity index (χ4n) is 2.35. The van der Waals surface area contributed by atoms with Gasteiger partial charge in [0.1, 0.15) is 0 Å². The summed E-state index contributed by atoms with van der Waals surface area (Å²) in [7, 11) is 0. The molecule has 1 aromatic rings. The fraction of sp³-hybridized carbons (Fsp3) is 0.375. The first-order valence-corrected chi connectivity index (χ1v) is 7.83. The zero-order chi connectivity index (χ0) is 14.5. The van der Waals surface area contributed by atoms with Crippen LogP contribution in [0.5, 0.6) is 0 Å². The maximum Gasteiger partial charge on any atom is 0.225 e. The van der Waals surface area contributed by atoms with Gasteiger partial charge in [0, 0.05) is 12.3 Å². The number of allylic oxidation sites excluding steroid dienone is 1. The summed E-state index contributed by atoms with van der Waals surface area (Å²) in [5.74, 6) is 0.709. The second-order valence-corrected chi connectivity index (χ2v) is 5.96. The Morgan fingerprint density at radius 2 is 2.05 bits per heavy atom. The molecule has 0 saturated carbocycles. The van der Waals surface area contributed by atoms with Crippen molar-refractivity contribution in [3.8, 4) is 6.07 Å². The normalized spacial score (nSPS) is 18.6. The number of nitriles is 1. The molecular formula is C16H18N2OS. The molecule has 0 fully saturated rings. The van der Waals surface area contributed by atoms with Crippen LogP contribution in [0.3, 0.4) is 0 Å². The van der Waals surface area contributed by atoms with Crippen molar-refractivity contribution in [2.75, 3.05) is 5.75 Å². The second-order valence-electron chi connectivity index (χ2n) is 4.69. The first-order chi connectivity index (χ1) is 9.69. The Bertz CT molecular complexity index is 569. The molecule has 1 atom stereocenters. The van der Waals surface area contributed by atoms with Gasteiger partial charge in [0.25, 0.3) is 0 Å². The van der Waals surface area contributed by atoms with Crippen molar-refractivity contribution >= 4 is 17.7 Å². The fourth-order valence-corrected chi connectivity index (χ4v) is 3.17. The van der Waals surface area contributed by atoms with E-state index >= 15 is 0 Å². The van der Waals surface area contributed by atoms with Gasteiger partial charge < -0.3 is 5.32 Å². The molecule has 1 amide bonds. The maximum atomic E-state index is 11.8. The molecule has 2 rings (SSSR count). The third kappa shape index (κ3) is 3.05. The Morgan fingerprint density at radius 1 is 1.35 bits per heavy atom. The molecule has 4 heteroatoms. The Balaban J connectivity index is 2.39. The molecule has 3 nitrogen and oxygen atoms in total. The van der Waals surface area contributed by atoms with Crippen molar-refractivity contribution in [2.24, 2.45) is 0 Å². The molecule has 20 heavy (non-hydrogen) atoms. The van der Waals surface area contributed by atoms with Crippen LogP contribution in [-0.4, -0.2) is 11.7 Å². The van der Waals surface area contributed by atoms with Crippen molar-refractivity contribution in [2.45, 2.75) is 32.6 Å². The molecular weight excluding hydrogens is 268 g/mol. The van der Waals surface area contributed by atoms with Crippen molar-refractivity contribution in [1.29, 1.82) is 5.26 Å². The molecule has 0 radical (unpaired) electrons. The lowest BCUT2D eigenvalue weighted by atomic mass is 9.86. The van der Waals surface area contributed by atoms with Crippen LogP contribution in [0.15, 0.2) is 34.9 Å². The van der Waals surface area contributed by atoms with Crippen LogP contribution < -0.4 is 5.32 Å². The molecule has 1 aliphatic rings. The molecule has 1 N–H and O–H groups in total. The van der Waals surface area contributed by atoms with Gasteiger partial charge in [0.05, 0.1) is 16.7 Å². The van der Waals surface area contributed by atoms with Gasteiger partial charge >= 0.3 is 0 Å². The lowest BCUT2D eigenvalue weighted by molar-refractivity contribution is -0.120. The summed E-state index contributed by atoms with van der Waals surface area (Å²) in [4.78, 5) is 11.8. The topological polar surface area (TPSA) is 52.9 Å². The summed E-state index contributed by atoms with van der Waals surface area (Å²) in [5.41, 5.74) is 2.99. The van der Waals surface area contributed by atoms with Gasteiger partial charge in [0.15, 0.2) is 0 Å². The van der Waals surface area contributed by atoms with Crippen molar-refractivity contribution < 1.29 is 4.79 Å². The van der Waals surface area contributed by atoms with Crippen molar-refractivity contribution in [3.63, 3.8) is 0 Å². The zero-order valence-electron chi connectivity index (χ0n) is 11.8. The van der Waals surface area contributed by atoms with E-state index in [2.05, 4.69) is 30.4 Å². The van der Waals surface area contributed by atoms with Gasteiger partial charge in [-0.25, -0.2) is 0 Å². The second kappa shape index (κ2) is 6.62. The van der Waals surface area contributed by atoms with Crippen molar-refractivity contribution in [3.05, 3.63) is 46.0 Å². The van der Waals surface area contributed by atoms with Gasteiger partial charge in [-0.1, -0.05) is 38.1 Å². The zero-order valence-corrected chi connectivity index (χ0v) is 12.6. The average molecular weight is 286 g/mol. The standard InChI is InChI=1S/C16H18N2OS/c1-3-11-5-7-12(8-6-11)13-9-15(19)18-16(20-4-2)14(13)10-17/h5-8,13H,3-4,9H2,1-2H3,(H,18,19). The molecule has 1 aliphatic heterocycles.